The molecule has 0 saturated carbocycles. The fourth-order valence-electron chi connectivity index (χ4n) is 2.69. The van der Waals surface area contributed by atoms with E-state index in [1.165, 1.54) is 12.1 Å². The van der Waals surface area contributed by atoms with Gasteiger partial charge in [-0.15, -0.1) is 0 Å². The Morgan fingerprint density at radius 2 is 1.70 bits per heavy atom. The minimum Gasteiger partial charge on any atom is -0.322 e. The molecule has 6 nitrogen and oxygen atoms in total. The third-order valence-corrected chi connectivity index (χ3v) is 5.48. The molecule has 27 heavy (non-hydrogen) atoms. The molecular weight excluding hydrogens is 362 g/mol. The molecule has 1 aromatic heterocycles. The molecule has 0 bridgehead atoms. The third kappa shape index (κ3) is 4.50. The maximum atomic E-state index is 12.7. The first-order valence-corrected chi connectivity index (χ1v) is 9.93. The van der Waals surface area contributed by atoms with Crippen molar-refractivity contribution >= 4 is 32.5 Å². The van der Waals surface area contributed by atoms with E-state index in [1.54, 1.807) is 57.3 Å². The second kappa shape index (κ2) is 7.09. The summed E-state index contributed by atoms with van der Waals surface area (Å²) in [5.41, 5.74) is 0.807. The summed E-state index contributed by atoms with van der Waals surface area (Å²) in [4.78, 5) is 17.1. The Morgan fingerprint density at radius 1 is 1.00 bits per heavy atom. The van der Waals surface area contributed by atoms with Crippen LogP contribution in [0.2, 0.25) is 0 Å². The fourth-order valence-corrected chi connectivity index (χ4v) is 4.15. The first-order chi connectivity index (χ1) is 12.7. The quantitative estimate of drug-likeness (QED) is 0.721. The largest absolute Gasteiger partial charge is 0.322 e. The molecule has 3 aromatic rings. The monoisotopic (exact) mass is 383 g/mol. The summed E-state index contributed by atoms with van der Waals surface area (Å²) in [5.74, 6) is -0.349. The van der Waals surface area contributed by atoms with Gasteiger partial charge in [0.05, 0.1) is 16.0 Å². The molecule has 0 atom stereocenters. The van der Waals surface area contributed by atoms with E-state index < -0.39 is 15.6 Å². The number of carbonyl (C=O) groups is 1. The molecule has 0 spiro atoms. The number of amides is 1. The highest BCUT2D eigenvalue weighted by atomic mass is 32.2. The van der Waals surface area contributed by atoms with Crippen molar-refractivity contribution in [2.75, 3.05) is 5.32 Å². The summed E-state index contributed by atoms with van der Waals surface area (Å²) in [6.45, 7) is 5.30. The second-order valence-corrected chi connectivity index (χ2v) is 8.90. The van der Waals surface area contributed by atoms with Crippen LogP contribution in [0.4, 0.5) is 5.69 Å². The Balaban J connectivity index is 1.89. The number of benzene rings is 2. The van der Waals surface area contributed by atoms with Gasteiger partial charge in [0.2, 0.25) is 10.0 Å². The number of carbonyl (C=O) groups excluding carboxylic acids is 1. The zero-order chi connectivity index (χ0) is 19.7. The number of nitrogens with zero attached hydrogens (tertiary/aromatic N) is 1. The Bertz CT molecular complexity index is 1100. The van der Waals surface area contributed by atoms with E-state index in [0.29, 0.717) is 16.8 Å². The number of anilines is 1. The first kappa shape index (κ1) is 19.0. The SMILES string of the molecule is CC(C)(C)NS(=O)(=O)c1cccc(NC(=O)c2cccc3cccnc23)c1. The van der Waals surface area contributed by atoms with Crippen LogP contribution in [0.5, 0.6) is 0 Å². The van der Waals surface area contributed by atoms with Crippen LogP contribution in [-0.4, -0.2) is 24.8 Å². The molecule has 140 valence electrons. The van der Waals surface area contributed by atoms with Gasteiger partial charge in [0.25, 0.3) is 5.91 Å². The van der Waals surface area contributed by atoms with Crippen LogP contribution in [0.3, 0.4) is 0 Å². The highest BCUT2D eigenvalue weighted by molar-refractivity contribution is 7.89. The predicted octanol–water partition coefficient (Wildman–Crippen LogP) is 3.56. The van der Waals surface area contributed by atoms with Crippen molar-refractivity contribution in [3.63, 3.8) is 0 Å². The molecule has 1 heterocycles. The Labute approximate surface area is 158 Å². The molecule has 0 aliphatic rings. The minimum atomic E-state index is -3.69. The number of para-hydroxylation sites is 1. The average molecular weight is 383 g/mol. The maximum Gasteiger partial charge on any atom is 0.257 e. The average Bonchev–Trinajstić information content (AvgIpc) is 2.59. The van der Waals surface area contributed by atoms with Gasteiger partial charge in [0.1, 0.15) is 0 Å². The lowest BCUT2D eigenvalue weighted by molar-refractivity contribution is 0.102. The summed E-state index contributed by atoms with van der Waals surface area (Å²) in [6, 6.07) is 15.2. The maximum absolute atomic E-state index is 12.7. The highest BCUT2D eigenvalue weighted by Crippen LogP contribution is 2.20. The molecule has 2 N–H and O–H groups in total. The van der Waals surface area contributed by atoms with E-state index in [0.717, 1.165) is 5.39 Å². The number of aromatic nitrogens is 1. The third-order valence-electron chi connectivity index (χ3n) is 3.72. The number of hydrogen-bond acceptors (Lipinski definition) is 4. The molecular formula is C20H21N3O3S. The number of nitrogens with one attached hydrogen (secondary N) is 2. The van der Waals surface area contributed by atoms with Gasteiger partial charge in [-0.2, -0.15) is 0 Å². The van der Waals surface area contributed by atoms with E-state index in [9.17, 15) is 13.2 Å². The Morgan fingerprint density at radius 3 is 2.44 bits per heavy atom. The van der Waals surface area contributed by atoms with Gasteiger partial charge in [-0.25, -0.2) is 13.1 Å². The summed E-state index contributed by atoms with van der Waals surface area (Å²) >= 11 is 0. The number of fused-ring (bicyclic) bond motifs is 1. The van der Waals surface area contributed by atoms with Gasteiger partial charge >= 0.3 is 0 Å². The molecule has 0 aliphatic carbocycles. The topological polar surface area (TPSA) is 88.2 Å². The first-order valence-electron chi connectivity index (χ1n) is 8.45. The van der Waals surface area contributed by atoms with Crippen LogP contribution in [0.15, 0.2) is 65.7 Å². The predicted molar refractivity (Wildman–Crippen MR) is 106 cm³/mol. The van der Waals surface area contributed by atoms with Crippen molar-refractivity contribution in [2.45, 2.75) is 31.2 Å². The van der Waals surface area contributed by atoms with E-state index in [2.05, 4.69) is 15.0 Å². The van der Waals surface area contributed by atoms with Gasteiger partial charge in [0.15, 0.2) is 0 Å². The number of pyridine rings is 1. The lowest BCUT2D eigenvalue weighted by Crippen LogP contribution is -2.40. The number of rotatable bonds is 4. The standard InChI is InChI=1S/C20H21N3O3S/c1-20(2,3)23-27(25,26)16-10-5-9-15(13-16)22-19(24)17-11-4-7-14-8-6-12-21-18(14)17/h4-13,23H,1-3H3,(H,22,24). The van der Waals surface area contributed by atoms with E-state index >= 15 is 0 Å². The number of sulfonamides is 1. The van der Waals surface area contributed by atoms with Gasteiger partial charge in [-0.05, 0) is 51.1 Å². The summed E-state index contributed by atoms with van der Waals surface area (Å²) < 4.78 is 27.6. The summed E-state index contributed by atoms with van der Waals surface area (Å²) in [6.07, 6.45) is 1.63. The zero-order valence-corrected chi connectivity index (χ0v) is 16.2. The van der Waals surface area contributed by atoms with Gasteiger partial charge < -0.3 is 5.32 Å². The number of hydrogen-bond donors (Lipinski definition) is 2. The molecule has 0 fully saturated rings. The van der Waals surface area contributed by atoms with Gasteiger partial charge in [-0.3, -0.25) is 9.78 Å². The molecule has 1 amide bonds. The smallest absolute Gasteiger partial charge is 0.257 e. The summed E-state index contributed by atoms with van der Waals surface area (Å²) in [7, 11) is -3.69. The van der Waals surface area contributed by atoms with Crippen molar-refractivity contribution in [1.29, 1.82) is 0 Å². The normalized spacial score (nSPS) is 12.1. The lowest BCUT2D eigenvalue weighted by Gasteiger charge is -2.20. The minimum absolute atomic E-state index is 0.0891. The van der Waals surface area contributed by atoms with Crippen molar-refractivity contribution in [2.24, 2.45) is 0 Å². The van der Waals surface area contributed by atoms with Crippen LogP contribution in [0, 0.1) is 0 Å². The van der Waals surface area contributed by atoms with E-state index in [-0.39, 0.29) is 10.8 Å². The van der Waals surface area contributed by atoms with Crippen molar-refractivity contribution in [1.82, 2.24) is 9.71 Å². The Kier molecular flexibility index (Phi) is 4.99. The second-order valence-electron chi connectivity index (χ2n) is 7.22. The molecule has 3 rings (SSSR count). The molecule has 0 saturated heterocycles. The fraction of sp³-hybridized carbons (Fsp3) is 0.200. The van der Waals surface area contributed by atoms with Crippen molar-refractivity contribution in [3.8, 4) is 0 Å². The van der Waals surface area contributed by atoms with Crippen molar-refractivity contribution in [3.05, 3.63) is 66.4 Å². The van der Waals surface area contributed by atoms with Gasteiger partial charge in [-0.1, -0.05) is 24.3 Å². The molecule has 0 aliphatic heterocycles. The molecule has 7 heteroatoms. The van der Waals surface area contributed by atoms with Gasteiger partial charge in [0, 0.05) is 22.8 Å². The van der Waals surface area contributed by atoms with Crippen LogP contribution < -0.4 is 10.0 Å². The van der Waals surface area contributed by atoms with Crippen LogP contribution in [0.25, 0.3) is 10.9 Å². The summed E-state index contributed by atoms with van der Waals surface area (Å²) in [5, 5.41) is 3.61. The molecule has 0 radical (unpaired) electrons. The van der Waals surface area contributed by atoms with E-state index in [4.69, 9.17) is 0 Å². The Hall–Kier alpha value is -2.77. The van der Waals surface area contributed by atoms with Crippen LogP contribution >= 0.6 is 0 Å². The van der Waals surface area contributed by atoms with E-state index in [1.807, 2.05) is 12.1 Å². The molecule has 2 aromatic carbocycles. The highest BCUT2D eigenvalue weighted by Gasteiger charge is 2.22. The lowest BCUT2D eigenvalue weighted by atomic mass is 10.1. The van der Waals surface area contributed by atoms with Crippen molar-refractivity contribution < 1.29 is 13.2 Å². The van der Waals surface area contributed by atoms with Crippen LogP contribution in [0.1, 0.15) is 31.1 Å². The van der Waals surface area contributed by atoms with Crippen LogP contribution in [-0.2, 0) is 10.0 Å². The zero-order valence-electron chi connectivity index (χ0n) is 15.4. The molecule has 0 unspecified atom stereocenters.